The molecule has 8 heteroatoms. The molecule has 29 heavy (non-hydrogen) atoms. The second-order valence-corrected chi connectivity index (χ2v) is 7.88. The van der Waals surface area contributed by atoms with Gasteiger partial charge in [-0.2, -0.15) is 0 Å². The number of non-ortho nitro benzene ring substituents is 2. The molecule has 152 valence electrons. The zero-order chi connectivity index (χ0) is 20.4. The average Bonchev–Trinajstić information content (AvgIpc) is 3.31. The maximum absolute atomic E-state index is 10.7. The highest BCUT2D eigenvalue weighted by Gasteiger charge is 2.42. The van der Waals surface area contributed by atoms with Crippen LogP contribution in [0, 0.1) is 20.2 Å². The molecule has 2 aliphatic heterocycles. The van der Waals surface area contributed by atoms with Crippen molar-refractivity contribution in [3.05, 3.63) is 79.9 Å². The summed E-state index contributed by atoms with van der Waals surface area (Å²) in [6.07, 6.45) is 3.01. The monoisotopic (exact) mass is 396 g/mol. The Labute approximate surface area is 169 Å². The van der Waals surface area contributed by atoms with Gasteiger partial charge in [0.25, 0.3) is 11.4 Å². The van der Waals surface area contributed by atoms with Crippen LogP contribution in [0.4, 0.5) is 11.4 Å². The summed E-state index contributed by atoms with van der Waals surface area (Å²) in [5.41, 5.74) is 2.54. The van der Waals surface area contributed by atoms with E-state index in [1.54, 1.807) is 24.3 Å². The fraction of sp³-hybridized carbons (Fsp3) is 0.429. The van der Waals surface area contributed by atoms with Gasteiger partial charge in [-0.1, -0.05) is 24.3 Å². The minimum Gasteiger partial charge on any atom is -0.297 e. The Balaban J connectivity index is 1.23. The van der Waals surface area contributed by atoms with E-state index in [0.29, 0.717) is 12.1 Å². The Morgan fingerprint density at radius 3 is 1.41 bits per heavy atom. The lowest BCUT2D eigenvalue weighted by Crippen LogP contribution is -2.47. The van der Waals surface area contributed by atoms with Crippen LogP contribution in [0.15, 0.2) is 48.5 Å². The summed E-state index contributed by atoms with van der Waals surface area (Å²) >= 11 is 0. The largest absolute Gasteiger partial charge is 0.297 e. The van der Waals surface area contributed by atoms with Gasteiger partial charge >= 0.3 is 0 Å². The van der Waals surface area contributed by atoms with Crippen molar-refractivity contribution in [3.8, 4) is 0 Å². The molecule has 2 aliphatic rings. The molecule has 8 nitrogen and oxygen atoms in total. The van der Waals surface area contributed by atoms with E-state index in [1.807, 2.05) is 24.3 Å². The molecule has 0 amide bonds. The van der Waals surface area contributed by atoms with E-state index in [4.69, 9.17) is 0 Å². The van der Waals surface area contributed by atoms with Crippen LogP contribution in [0.5, 0.6) is 0 Å². The fourth-order valence-electron chi connectivity index (χ4n) is 4.49. The standard InChI is InChI=1S/C21H24N4O4/c26-24(27)18-5-1-16(2-6-18)9-11-22-14-21-13-20(22)15-23(21)12-10-17-3-7-19(8-4-17)25(28)29/h1-8,20-21H,9-15H2. The fourth-order valence-corrected chi connectivity index (χ4v) is 4.49. The Bertz CT molecular complexity index is 811. The van der Waals surface area contributed by atoms with Crippen molar-refractivity contribution < 1.29 is 9.85 Å². The zero-order valence-electron chi connectivity index (χ0n) is 16.1. The van der Waals surface area contributed by atoms with E-state index < -0.39 is 0 Å². The minimum absolute atomic E-state index is 0.137. The minimum atomic E-state index is -0.367. The van der Waals surface area contributed by atoms with E-state index in [1.165, 1.54) is 6.42 Å². The lowest BCUT2D eigenvalue weighted by molar-refractivity contribution is -0.385. The summed E-state index contributed by atoms with van der Waals surface area (Å²) in [6.45, 7) is 4.10. The number of rotatable bonds is 8. The summed E-state index contributed by atoms with van der Waals surface area (Å²) in [5.74, 6) is 0. The molecule has 0 spiro atoms. The van der Waals surface area contributed by atoms with E-state index in [9.17, 15) is 20.2 Å². The number of hydrogen-bond acceptors (Lipinski definition) is 6. The van der Waals surface area contributed by atoms with Gasteiger partial charge in [-0.15, -0.1) is 0 Å². The van der Waals surface area contributed by atoms with E-state index >= 15 is 0 Å². The average molecular weight is 396 g/mol. The molecular formula is C21H24N4O4. The molecule has 2 fully saturated rings. The highest BCUT2D eigenvalue weighted by atomic mass is 16.6. The van der Waals surface area contributed by atoms with Crippen LogP contribution in [0.25, 0.3) is 0 Å². The summed E-state index contributed by atoms with van der Waals surface area (Å²) < 4.78 is 0. The number of hydrogen-bond donors (Lipinski definition) is 0. The first-order valence-corrected chi connectivity index (χ1v) is 9.94. The Morgan fingerprint density at radius 2 is 1.10 bits per heavy atom. The van der Waals surface area contributed by atoms with E-state index in [2.05, 4.69) is 9.80 Å². The molecule has 0 aliphatic carbocycles. The van der Waals surface area contributed by atoms with Gasteiger partial charge in [0.05, 0.1) is 9.85 Å². The van der Waals surface area contributed by atoms with Crippen LogP contribution < -0.4 is 0 Å². The van der Waals surface area contributed by atoms with E-state index in [0.717, 1.165) is 50.1 Å². The van der Waals surface area contributed by atoms with Crippen molar-refractivity contribution in [2.75, 3.05) is 26.2 Å². The third-order valence-corrected chi connectivity index (χ3v) is 6.14. The van der Waals surface area contributed by atoms with Crippen molar-refractivity contribution in [1.29, 1.82) is 0 Å². The molecular weight excluding hydrogens is 372 g/mol. The van der Waals surface area contributed by atoms with Crippen LogP contribution in [0.1, 0.15) is 17.5 Å². The van der Waals surface area contributed by atoms with Gasteiger partial charge in [0.2, 0.25) is 0 Å². The van der Waals surface area contributed by atoms with Gasteiger partial charge in [0.1, 0.15) is 0 Å². The molecule has 0 radical (unpaired) electrons. The lowest BCUT2D eigenvalue weighted by atomic mass is 10.1. The van der Waals surface area contributed by atoms with Gasteiger partial charge in [0.15, 0.2) is 0 Å². The van der Waals surface area contributed by atoms with Gasteiger partial charge in [0, 0.05) is 62.5 Å². The van der Waals surface area contributed by atoms with Gasteiger partial charge < -0.3 is 0 Å². The summed E-state index contributed by atoms with van der Waals surface area (Å²) in [7, 11) is 0. The normalized spacial score (nSPS) is 21.5. The molecule has 2 atom stereocenters. The smallest absolute Gasteiger partial charge is 0.269 e. The van der Waals surface area contributed by atoms with Crippen molar-refractivity contribution in [2.24, 2.45) is 0 Å². The molecule has 2 bridgehead atoms. The predicted octanol–water partition coefficient (Wildman–Crippen LogP) is 3.05. The molecule has 2 heterocycles. The SMILES string of the molecule is O=[N+]([O-])c1ccc(CCN2CC3CC2CN3CCc2ccc([N+](=O)[O-])cc2)cc1. The zero-order valence-corrected chi connectivity index (χ0v) is 16.1. The quantitative estimate of drug-likeness (QED) is 0.503. The van der Waals surface area contributed by atoms with Crippen LogP contribution in [-0.4, -0.2) is 57.9 Å². The van der Waals surface area contributed by atoms with Crippen molar-refractivity contribution in [1.82, 2.24) is 9.80 Å². The maximum atomic E-state index is 10.7. The van der Waals surface area contributed by atoms with Crippen molar-refractivity contribution in [3.63, 3.8) is 0 Å². The first-order valence-electron chi connectivity index (χ1n) is 9.94. The Hall–Kier alpha value is -2.84. The van der Waals surface area contributed by atoms with E-state index in [-0.39, 0.29) is 21.2 Å². The molecule has 2 aromatic carbocycles. The summed E-state index contributed by atoms with van der Waals surface area (Å²) in [4.78, 5) is 25.8. The number of piperazine rings is 1. The number of nitro groups is 2. The molecule has 0 saturated carbocycles. The summed E-state index contributed by atoms with van der Waals surface area (Å²) in [5, 5.41) is 21.5. The summed E-state index contributed by atoms with van der Waals surface area (Å²) in [6, 6.07) is 14.9. The van der Waals surface area contributed by atoms with Gasteiger partial charge in [-0.25, -0.2) is 0 Å². The van der Waals surface area contributed by atoms with Crippen LogP contribution in [0.2, 0.25) is 0 Å². The third-order valence-electron chi connectivity index (χ3n) is 6.14. The third kappa shape index (κ3) is 4.44. The van der Waals surface area contributed by atoms with Crippen LogP contribution in [-0.2, 0) is 12.8 Å². The number of nitro benzene ring substituents is 2. The second-order valence-electron chi connectivity index (χ2n) is 7.88. The molecule has 2 aromatic rings. The Morgan fingerprint density at radius 1 is 0.724 bits per heavy atom. The number of benzene rings is 2. The highest BCUT2D eigenvalue weighted by Crippen LogP contribution is 2.31. The highest BCUT2D eigenvalue weighted by molar-refractivity contribution is 5.33. The van der Waals surface area contributed by atoms with Crippen molar-refractivity contribution in [2.45, 2.75) is 31.3 Å². The van der Waals surface area contributed by atoms with Crippen LogP contribution >= 0.6 is 0 Å². The molecule has 2 unspecified atom stereocenters. The lowest BCUT2D eigenvalue weighted by Gasteiger charge is -2.34. The number of likely N-dealkylation sites (tertiary alicyclic amines) is 2. The predicted molar refractivity (Wildman–Crippen MR) is 109 cm³/mol. The second kappa shape index (κ2) is 8.26. The molecule has 2 saturated heterocycles. The molecule has 0 aromatic heterocycles. The molecule has 0 N–H and O–H groups in total. The topological polar surface area (TPSA) is 92.8 Å². The molecule has 4 rings (SSSR count). The first-order chi connectivity index (χ1) is 14.0. The maximum Gasteiger partial charge on any atom is 0.269 e. The number of fused-ring (bicyclic) bond motifs is 2. The van der Waals surface area contributed by atoms with Gasteiger partial charge in [-0.05, 0) is 30.4 Å². The van der Waals surface area contributed by atoms with Crippen molar-refractivity contribution >= 4 is 11.4 Å². The van der Waals surface area contributed by atoms with Crippen LogP contribution in [0.3, 0.4) is 0 Å². The van der Waals surface area contributed by atoms with Gasteiger partial charge in [-0.3, -0.25) is 30.0 Å². The first kappa shape index (κ1) is 19.5. The number of nitrogens with zero attached hydrogens (tertiary/aromatic N) is 4. The Kier molecular flexibility index (Phi) is 5.55.